The lowest BCUT2D eigenvalue weighted by molar-refractivity contribution is 0.586. The molecule has 0 spiro atoms. The fourth-order valence-corrected chi connectivity index (χ4v) is 4.61. The summed E-state index contributed by atoms with van der Waals surface area (Å²) in [6.07, 6.45) is 5.46. The molecule has 1 aliphatic rings. The number of hydrogen-bond acceptors (Lipinski definition) is 3. The van der Waals surface area contributed by atoms with E-state index in [1.165, 1.54) is 5.56 Å². The Bertz CT molecular complexity index is 991. The molecule has 0 saturated carbocycles. The molecule has 0 aliphatic carbocycles. The third-order valence-electron chi connectivity index (χ3n) is 4.64. The first-order chi connectivity index (χ1) is 11.6. The Morgan fingerprint density at radius 2 is 2.00 bits per heavy atom. The summed E-state index contributed by atoms with van der Waals surface area (Å²) < 4.78 is 25.8. The predicted octanol–water partition coefficient (Wildman–Crippen LogP) is 3.16. The van der Waals surface area contributed by atoms with E-state index in [0.717, 1.165) is 34.1 Å². The van der Waals surface area contributed by atoms with Crippen molar-refractivity contribution in [2.24, 2.45) is 0 Å². The Hall–Kier alpha value is -2.18. The van der Waals surface area contributed by atoms with Gasteiger partial charge in [-0.3, -0.25) is 0 Å². The number of aromatic nitrogens is 2. The average Bonchev–Trinajstić information content (AvgIpc) is 3.17. The summed E-state index contributed by atoms with van der Waals surface area (Å²) in [5.74, 6) is 0.202. The van der Waals surface area contributed by atoms with Crippen molar-refractivity contribution in [2.45, 2.75) is 25.8 Å². The highest BCUT2D eigenvalue weighted by Gasteiger charge is 2.27. The summed E-state index contributed by atoms with van der Waals surface area (Å²) in [5, 5.41) is 1.16. The number of rotatable bonds is 3. The smallest absolute Gasteiger partial charge is 0.212 e. The van der Waals surface area contributed by atoms with Crippen LogP contribution in [0.4, 0.5) is 0 Å². The highest BCUT2D eigenvalue weighted by Crippen LogP contribution is 2.28. The molecule has 1 aromatic carbocycles. The number of sulfonamides is 1. The van der Waals surface area contributed by atoms with Crippen molar-refractivity contribution in [1.29, 1.82) is 0 Å². The molecule has 3 heterocycles. The second-order valence-electron chi connectivity index (χ2n) is 6.19. The van der Waals surface area contributed by atoms with Crippen LogP contribution in [0.15, 0.2) is 42.7 Å². The Labute approximate surface area is 141 Å². The van der Waals surface area contributed by atoms with Crippen LogP contribution in [0.25, 0.3) is 22.2 Å². The van der Waals surface area contributed by atoms with Crippen LogP contribution in [0.1, 0.15) is 30.5 Å². The van der Waals surface area contributed by atoms with E-state index in [4.69, 9.17) is 0 Å². The molecule has 2 aromatic heterocycles. The molecule has 1 fully saturated rings. The topological polar surface area (TPSA) is 74.8 Å². The molecule has 6 heteroatoms. The summed E-state index contributed by atoms with van der Waals surface area (Å²) in [4.78, 5) is 7.69. The zero-order valence-electron chi connectivity index (χ0n) is 13.4. The first kappa shape index (κ1) is 15.4. The molecule has 1 aliphatic heterocycles. The molecule has 24 heavy (non-hydrogen) atoms. The van der Waals surface area contributed by atoms with Gasteiger partial charge >= 0.3 is 0 Å². The quantitative estimate of drug-likeness (QED) is 0.768. The Kier molecular flexibility index (Phi) is 3.66. The second-order valence-corrected chi connectivity index (χ2v) is 8.06. The van der Waals surface area contributed by atoms with E-state index in [-0.39, 0.29) is 11.8 Å². The molecule has 1 atom stereocenters. The van der Waals surface area contributed by atoms with Gasteiger partial charge in [-0.1, -0.05) is 31.2 Å². The maximum absolute atomic E-state index is 11.5. The predicted molar refractivity (Wildman–Crippen MR) is 95.2 cm³/mol. The van der Waals surface area contributed by atoms with Gasteiger partial charge in [-0.2, -0.15) is 0 Å². The number of hydrogen-bond donors (Lipinski definition) is 2. The van der Waals surface area contributed by atoms with E-state index in [1.54, 1.807) is 0 Å². The maximum Gasteiger partial charge on any atom is 0.212 e. The lowest BCUT2D eigenvalue weighted by Crippen LogP contribution is -2.19. The van der Waals surface area contributed by atoms with Crippen molar-refractivity contribution in [3.8, 4) is 11.1 Å². The average molecular weight is 341 g/mol. The second kappa shape index (κ2) is 5.72. The zero-order chi connectivity index (χ0) is 16.7. The molecule has 0 radical (unpaired) electrons. The third kappa shape index (κ3) is 2.72. The number of pyridine rings is 1. The summed E-state index contributed by atoms with van der Waals surface area (Å²) >= 11 is 0. The van der Waals surface area contributed by atoms with Gasteiger partial charge in [0.15, 0.2) is 0 Å². The minimum Gasteiger partial charge on any atom is -0.346 e. The molecule has 3 aromatic rings. The zero-order valence-corrected chi connectivity index (χ0v) is 14.2. The largest absolute Gasteiger partial charge is 0.346 e. The van der Waals surface area contributed by atoms with Gasteiger partial charge in [-0.15, -0.1) is 0 Å². The minimum absolute atomic E-state index is 0.110. The Morgan fingerprint density at radius 1 is 1.21 bits per heavy atom. The summed E-state index contributed by atoms with van der Waals surface area (Å²) in [6.45, 7) is 2.13. The van der Waals surface area contributed by atoms with Gasteiger partial charge in [0, 0.05) is 29.4 Å². The fraction of sp³-hybridized carbons (Fsp3) is 0.278. The third-order valence-corrected chi connectivity index (χ3v) is 6.06. The lowest BCUT2D eigenvalue weighted by Gasteiger charge is -2.10. The van der Waals surface area contributed by atoms with Crippen LogP contribution in [0.2, 0.25) is 0 Å². The highest BCUT2D eigenvalue weighted by molar-refractivity contribution is 7.89. The lowest BCUT2D eigenvalue weighted by atomic mass is 10.00. The molecule has 2 N–H and O–H groups in total. The standard InChI is InChI=1S/C18H19N3O2S/c1-2-12-10-19-18-16(12)9-15(11-20-18)13-3-5-14(6-4-13)17-7-8-24(22,23)21-17/h3-6,9-11,17,21H,2,7-8H2,1H3,(H,19,20). The first-order valence-electron chi connectivity index (χ1n) is 8.12. The van der Waals surface area contributed by atoms with E-state index >= 15 is 0 Å². The molecule has 124 valence electrons. The molecule has 5 nitrogen and oxygen atoms in total. The summed E-state index contributed by atoms with van der Waals surface area (Å²) in [7, 11) is -3.09. The number of aromatic amines is 1. The van der Waals surface area contributed by atoms with Gasteiger partial charge in [0.05, 0.1) is 5.75 Å². The molecule has 4 rings (SSSR count). The number of benzene rings is 1. The monoisotopic (exact) mass is 341 g/mol. The van der Waals surface area contributed by atoms with Gasteiger partial charge < -0.3 is 4.98 Å². The van der Waals surface area contributed by atoms with Crippen molar-refractivity contribution in [2.75, 3.05) is 5.75 Å². The normalized spacial score (nSPS) is 19.8. The van der Waals surface area contributed by atoms with Crippen LogP contribution in [-0.2, 0) is 16.4 Å². The van der Waals surface area contributed by atoms with Crippen LogP contribution in [0.3, 0.4) is 0 Å². The summed E-state index contributed by atoms with van der Waals surface area (Å²) in [5.41, 5.74) is 5.32. The number of nitrogens with zero attached hydrogens (tertiary/aromatic N) is 1. The molecular formula is C18H19N3O2S. The van der Waals surface area contributed by atoms with Crippen LogP contribution < -0.4 is 4.72 Å². The maximum atomic E-state index is 11.5. The number of nitrogens with one attached hydrogen (secondary N) is 2. The highest BCUT2D eigenvalue weighted by atomic mass is 32.2. The van der Waals surface area contributed by atoms with Crippen molar-refractivity contribution in [1.82, 2.24) is 14.7 Å². The van der Waals surface area contributed by atoms with Gasteiger partial charge in [-0.25, -0.2) is 18.1 Å². The molecule has 0 bridgehead atoms. The van der Waals surface area contributed by atoms with Crippen LogP contribution in [-0.4, -0.2) is 24.1 Å². The molecule has 0 amide bonds. The van der Waals surface area contributed by atoms with E-state index in [2.05, 4.69) is 27.7 Å². The van der Waals surface area contributed by atoms with Gasteiger partial charge in [0.25, 0.3) is 0 Å². The first-order valence-corrected chi connectivity index (χ1v) is 9.77. The van der Waals surface area contributed by atoms with Crippen LogP contribution in [0, 0.1) is 0 Å². The minimum atomic E-state index is -3.09. The fourth-order valence-electron chi connectivity index (χ4n) is 3.26. The van der Waals surface area contributed by atoms with Crippen molar-refractivity contribution in [3.63, 3.8) is 0 Å². The number of H-pyrrole nitrogens is 1. The van der Waals surface area contributed by atoms with Crippen molar-refractivity contribution < 1.29 is 8.42 Å². The van der Waals surface area contributed by atoms with Crippen molar-refractivity contribution in [3.05, 3.63) is 53.9 Å². The van der Waals surface area contributed by atoms with Gasteiger partial charge in [-0.05, 0) is 35.6 Å². The van der Waals surface area contributed by atoms with Crippen LogP contribution >= 0.6 is 0 Å². The van der Waals surface area contributed by atoms with Crippen LogP contribution in [0.5, 0.6) is 0 Å². The van der Waals surface area contributed by atoms with E-state index < -0.39 is 10.0 Å². The van der Waals surface area contributed by atoms with E-state index in [0.29, 0.717) is 6.42 Å². The van der Waals surface area contributed by atoms with Crippen molar-refractivity contribution >= 4 is 21.1 Å². The number of fused-ring (bicyclic) bond motifs is 1. The Balaban J connectivity index is 1.65. The molecule has 1 unspecified atom stereocenters. The van der Waals surface area contributed by atoms with E-state index in [9.17, 15) is 8.42 Å². The number of aryl methyl sites for hydroxylation is 1. The van der Waals surface area contributed by atoms with E-state index in [1.807, 2.05) is 36.7 Å². The van der Waals surface area contributed by atoms with Gasteiger partial charge in [0.1, 0.15) is 5.65 Å². The molecular weight excluding hydrogens is 322 g/mol. The molecule has 1 saturated heterocycles. The Morgan fingerprint density at radius 3 is 2.67 bits per heavy atom. The summed E-state index contributed by atoms with van der Waals surface area (Å²) in [6, 6.07) is 10.1. The SMILES string of the molecule is CCc1c[nH]c2ncc(-c3ccc(C4CCS(=O)(=O)N4)cc3)cc12. The van der Waals surface area contributed by atoms with Gasteiger partial charge in [0.2, 0.25) is 10.0 Å².